The van der Waals surface area contributed by atoms with Crippen molar-refractivity contribution < 1.29 is 4.74 Å². The van der Waals surface area contributed by atoms with Gasteiger partial charge in [-0.05, 0) is 32.2 Å². The van der Waals surface area contributed by atoms with Gasteiger partial charge in [0.25, 0.3) is 0 Å². The van der Waals surface area contributed by atoms with E-state index in [0.29, 0.717) is 0 Å². The fourth-order valence-electron chi connectivity index (χ4n) is 1.70. The highest BCUT2D eigenvalue weighted by molar-refractivity contribution is 4.73. The number of hydrogen-bond donors (Lipinski definition) is 1. The molecule has 1 aliphatic heterocycles. The molecule has 0 aliphatic carbocycles. The van der Waals surface area contributed by atoms with Crippen molar-refractivity contribution >= 4 is 0 Å². The van der Waals surface area contributed by atoms with Crippen LogP contribution < -0.4 is 5.73 Å². The van der Waals surface area contributed by atoms with Gasteiger partial charge < -0.3 is 10.5 Å². The third kappa shape index (κ3) is 2.44. The lowest BCUT2D eigenvalue weighted by atomic mass is 9.97. The van der Waals surface area contributed by atoms with Gasteiger partial charge in [0.1, 0.15) is 6.23 Å². The normalized spacial score (nSPS) is 24.2. The summed E-state index contributed by atoms with van der Waals surface area (Å²) in [5.74, 6) is 0.741. The predicted molar refractivity (Wildman–Crippen MR) is 49.8 cm³/mol. The summed E-state index contributed by atoms with van der Waals surface area (Å²) in [7, 11) is 1.76. The predicted octanol–water partition coefficient (Wildman–Crippen LogP) is 0.649. The zero-order chi connectivity index (χ0) is 8.97. The van der Waals surface area contributed by atoms with Crippen molar-refractivity contribution in [3.63, 3.8) is 0 Å². The van der Waals surface area contributed by atoms with Gasteiger partial charge in [0.2, 0.25) is 0 Å². The van der Waals surface area contributed by atoms with Crippen molar-refractivity contribution in [2.24, 2.45) is 11.7 Å². The molecule has 3 nitrogen and oxygen atoms in total. The number of ether oxygens (including phenoxy) is 1. The molecule has 1 aliphatic rings. The zero-order valence-corrected chi connectivity index (χ0v) is 8.12. The molecule has 0 aromatic carbocycles. The second-order valence-electron chi connectivity index (χ2n) is 3.55. The zero-order valence-electron chi connectivity index (χ0n) is 8.12. The van der Waals surface area contributed by atoms with Crippen molar-refractivity contribution in [1.29, 1.82) is 0 Å². The molecule has 1 saturated heterocycles. The van der Waals surface area contributed by atoms with Gasteiger partial charge in [-0.3, -0.25) is 4.90 Å². The first-order chi connectivity index (χ1) is 5.77. The molecule has 0 radical (unpaired) electrons. The van der Waals surface area contributed by atoms with Gasteiger partial charge in [0, 0.05) is 20.2 Å². The first kappa shape index (κ1) is 9.96. The first-order valence-corrected chi connectivity index (χ1v) is 4.74. The lowest BCUT2D eigenvalue weighted by Crippen LogP contribution is -2.42. The Hall–Kier alpha value is -0.120. The van der Waals surface area contributed by atoms with Crippen molar-refractivity contribution in [2.75, 3.05) is 26.7 Å². The average molecular weight is 172 g/mol. The third-order valence-corrected chi connectivity index (χ3v) is 2.84. The Kier molecular flexibility index (Phi) is 3.98. The molecule has 1 unspecified atom stereocenters. The fraction of sp³-hybridized carbons (Fsp3) is 1.00. The SMILES string of the molecule is COC(C)N1CCC(CN)CC1. The molecule has 2 N–H and O–H groups in total. The van der Waals surface area contributed by atoms with E-state index in [1.165, 1.54) is 12.8 Å². The van der Waals surface area contributed by atoms with Crippen LogP contribution in [0.15, 0.2) is 0 Å². The van der Waals surface area contributed by atoms with Crippen molar-refractivity contribution in [3.8, 4) is 0 Å². The molecule has 0 amide bonds. The van der Waals surface area contributed by atoms with Gasteiger partial charge in [-0.2, -0.15) is 0 Å². The third-order valence-electron chi connectivity index (χ3n) is 2.84. The highest BCUT2D eigenvalue weighted by Crippen LogP contribution is 2.17. The first-order valence-electron chi connectivity index (χ1n) is 4.74. The fourth-order valence-corrected chi connectivity index (χ4v) is 1.70. The van der Waals surface area contributed by atoms with Crippen LogP contribution >= 0.6 is 0 Å². The van der Waals surface area contributed by atoms with Gasteiger partial charge in [-0.15, -0.1) is 0 Å². The van der Waals surface area contributed by atoms with Crippen molar-refractivity contribution in [1.82, 2.24) is 4.90 Å². The maximum absolute atomic E-state index is 5.61. The molecular formula is C9H20N2O. The molecule has 0 bridgehead atoms. The van der Waals surface area contributed by atoms with Gasteiger partial charge in [0.05, 0.1) is 0 Å². The lowest BCUT2D eigenvalue weighted by molar-refractivity contribution is -0.0345. The van der Waals surface area contributed by atoms with Gasteiger partial charge >= 0.3 is 0 Å². The summed E-state index contributed by atoms with van der Waals surface area (Å²) < 4.78 is 5.25. The molecule has 0 saturated carbocycles. The van der Waals surface area contributed by atoms with Crippen LogP contribution in [0.5, 0.6) is 0 Å². The summed E-state index contributed by atoms with van der Waals surface area (Å²) >= 11 is 0. The second kappa shape index (κ2) is 4.80. The Morgan fingerprint density at radius 3 is 2.50 bits per heavy atom. The number of piperidine rings is 1. The molecule has 3 heteroatoms. The maximum atomic E-state index is 5.61. The largest absolute Gasteiger partial charge is 0.367 e. The number of methoxy groups -OCH3 is 1. The van der Waals surface area contributed by atoms with E-state index in [-0.39, 0.29) is 6.23 Å². The van der Waals surface area contributed by atoms with E-state index in [4.69, 9.17) is 10.5 Å². The van der Waals surface area contributed by atoms with Gasteiger partial charge in [0.15, 0.2) is 0 Å². The minimum absolute atomic E-state index is 0.267. The van der Waals surface area contributed by atoms with E-state index >= 15 is 0 Å². The van der Waals surface area contributed by atoms with Crippen LogP contribution in [0.1, 0.15) is 19.8 Å². The smallest absolute Gasteiger partial charge is 0.107 e. The van der Waals surface area contributed by atoms with Crippen molar-refractivity contribution in [2.45, 2.75) is 26.0 Å². The summed E-state index contributed by atoms with van der Waals surface area (Å²) in [4.78, 5) is 2.37. The molecular weight excluding hydrogens is 152 g/mol. The van der Waals surface area contributed by atoms with E-state index in [1.54, 1.807) is 7.11 Å². The molecule has 1 atom stereocenters. The monoisotopic (exact) mass is 172 g/mol. The molecule has 0 aromatic heterocycles. The minimum atomic E-state index is 0.267. The Balaban J connectivity index is 2.25. The summed E-state index contributed by atoms with van der Waals surface area (Å²) in [6.45, 7) is 5.21. The van der Waals surface area contributed by atoms with Crippen LogP contribution in [0.4, 0.5) is 0 Å². The molecule has 12 heavy (non-hydrogen) atoms. The topological polar surface area (TPSA) is 38.5 Å². The number of nitrogens with zero attached hydrogens (tertiary/aromatic N) is 1. The highest BCUT2D eigenvalue weighted by atomic mass is 16.5. The summed E-state index contributed by atoms with van der Waals surface area (Å²) in [6.07, 6.45) is 2.72. The number of hydrogen-bond acceptors (Lipinski definition) is 3. The van der Waals surface area contributed by atoms with Crippen LogP contribution in [-0.4, -0.2) is 37.9 Å². The molecule has 1 fully saturated rings. The van der Waals surface area contributed by atoms with Crippen LogP contribution in [0, 0.1) is 5.92 Å². The molecule has 0 aromatic rings. The van der Waals surface area contributed by atoms with Crippen molar-refractivity contribution in [3.05, 3.63) is 0 Å². The van der Waals surface area contributed by atoms with E-state index in [1.807, 2.05) is 0 Å². The van der Waals surface area contributed by atoms with E-state index in [2.05, 4.69) is 11.8 Å². The Morgan fingerprint density at radius 1 is 1.50 bits per heavy atom. The summed E-state index contributed by atoms with van der Waals surface area (Å²) in [5.41, 5.74) is 5.61. The number of nitrogens with two attached hydrogens (primary N) is 1. The van der Waals surface area contributed by atoms with E-state index in [0.717, 1.165) is 25.6 Å². The van der Waals surface area contributed by atoms with Crippen LogP contribution in [0.3, 0.4) is 0 Å². The minimum Gasteiger partial charge on any atom is -0.367 e. The Morgan fingerprint density at radius 2 is 2.08 bits per heavy atom. The molecule has 1 rings (SSSR count). The van der Waals surface area contributed by atoms with E-state index in [9.17, 15) is 0 Å². The van der Waals surface area contributed by atoms with Crippen LogP contribution in [-0.2, 0) is 4.74 Å². The summed E-state index contributed by atoms with van der Waals surface area (Å²) in [6, 6.07) is 0. The quantitative estimate of drug-likeness (QED) is 0.679. The summed E-state index contributed by atoms with van der Waals surface area (Å²) in [5, 5.41) is 0. The molecule has 72 valence electrons. The van der Waals surface area contributed by atoms with Gasteiger partial charge in [-0.1, -0.05) is 0 Å². The van der Waals surface area contributed by atoms with E-state index < -0.39 is 0 Å². The van der Waals surface area contributed by atoms with Gasteiger partial charge in [-0.25, -0.2) is 0 Å². The number of rotatable bonds is 3. The Labute approximate surface area is 74.9 Å². The lowest BCUT2D eigenvalue weighted by Gasteiger charge is -2.34. The van der Waals surface area contributed by atoms with Crippen LogP contribution in [0.25, 0.3) is 0 Å². The van der Waals surface area contributed by atoms with Crippen LogP contribution in [0.2, 0.25) is 0 Å². The molecule has 1 heterocycles. The molecule has 0 spiro atoms. The second-order valence-corrected chi connectivity index (χ2v) is 3.55. The Bertz CT molecular complexity index is 122. The number of likely N-dealkylation sites (tertiary alicyclic amines) is 1. The maximum Gasteiger partial charge on any atom is 0.107 e. The average Bonchev–Trinajstić information content (AvgIpc) is 2.17. The highest BCUT2D eigenvalue weighted by Gasteiger charge is 2.21. The standard InChI is InChI=1S/C9H20N2O/c1-8(12-2)11-5-3-9(7-10)4-6-11/h8-9H,3-7,10H2,1-2H3.